The molecule has 1 fully saturated rings. The second-order valence-corrected chi connectivity index (χ2v) is 6.39. The van der Waals surface area contributed by atoms with Crippen molar-refractivity contribution in [3.8, 4) is 0 Å². The summed E-state index contributed by atoms with van der Waals surface area (Å²) < 4.78 is 14.6. The number of nitrogens with zero attached hydrogens (tertiary/aromatic N) is 1. The van der Waals surface area contributed by atoms with Crippen LogP contribution >= 0.6 is 15.9 Å². The number of hydrogen-bond donors (Lipinski definition) is 1. The third-order valence-corrected chi connectivity index (χ3v) is 4.26. The molecule has 0 saturated carbocycles. The molecule has 2 rings (SSSR count). The highest BCUT2D eigenvalue weighted by molar-refractivity contribution is 9.10. The van der Waals surface area contributed by atoms with Gasteiger partial charge in [-0.25, -0.2) is 4.39 Å². The van der Waals surface area contributed by atoms with E-state index in [2.05, 4.69) is 33.2 Å². The van der Waals surface area contributed by atoms with Gasteiger partial charge in [-0.15, -0.1) is 0 Å². The smallest absolute Gasteiger partial charge is 0.127 e. The van der Waals surface area contributed by atoms with Crippen molar-refractivity contribution in [3.63, 3.8) is 0 Å². The Hall–Kier alpha value is -0.450. The van der Waals surface area contributed by atoms with E-state index in [1.54, 1.807) is 6.07 Å². The van der Waals surface area contributed by atoms with Gasteiger partial charge in [0, 0.05) is 16.6 Å². The second kappa shape index (κ2) is 7.36. The third kappa shape index (κ3) is 4.86. The molecule has 0 aromatic heterocycles. The van der Waals surface area contributed by atoms with Crippen molar-refractivity contribution in [1.82, 2.24) is 10.2 Å². The first-order valence-electron chi connectivity index (χ1n) is 6.98. The molecular weight excluding hydrogens is 307 g/mol. The number of hydrogen-bond acceptors (Lipinski definition) is 2. The lowest BCUT2D eigenvalue weighted by molar-refractivity contribution is 0.266. The van der Waals surface area contributed by atoms with Gasteiger partial charge in [-0.1, -0.05) is 15.9 Å². The molecule has 4 heteroatoms. The van der Waals surface area contributed by atoms with E-state index in [-0.39, 0.29) is 5.82 Å². The van der Waals surface area contributed by atoms with Gasteiger partial charge in [0.15, 0.2) is 0 Å². The molecule has 1 aromatic carbocycles. The van der Waals surface area contributed by atoms with Crippen LogP contribution in [0.15, 0.2) is 22.7 Å². The van der Waals surface area contributed by atoms with Gasteiger partial charge in [-0.3, -0.25) is 0 Å². The molecule has 0 amide bonds. The van der Waals surface area contributed by atoms with Gasteiger partial charge >= 0.3 is 0 Å². The molecule has 1 unspecified atom stereocenters. The van der Waals surface area contributed by atoms with E-state index < -0.39 is 0 Å². The third-order valence-electron chi connectivity index (χ3n) is 3.77. The molecule has 1 aliphatic rings. The van der Waals surface area contributed by atoms with Gasteiger partial charge in [0.05, 0.1) is 0 Å². The van der Waals surface area contributed by atoms with Gasteiger partial charge < -0.3 is 10.2 Å². The molecule has 0 spiro atoms. The molecule has 0 aliphatic carbocycles. The van der Waals surface area contributed by atoms with Crippen molar-refractivity contribution in [3.05, 3.63) is 34.1 Å². The topological polar surface area (TPSA) is 15.3 Å². The zero-order valence-corrected chi connectivity index (χ0v) is 13.0. The van der Waals surface area contributed by atoms with Crippen LogP contribution in [0.1, 0.15) is 24.8 Å². The van der Waals surface area contributed by atoms with Gasteiger partial charge in [-0.2, -0.15) is 0 Å². The largest absolute Gasteiger partial charge is 0.316 e. The van der Waals surface area contributed by atoms with Crippen LogP contribution in [0, 0.1) is 11.7 Å². The van der Waals surface area contributed by atoms with Crippen molar-refractivity contribution in [1.29, 1.82) is 0 Å². The molecule has 19 heavy (non-hydrogen) atoms. The van der Waals surface area contributed by atoms with Crippen LogP contribution in [0.2, 0.25) is 0 Å². The van der Waals surface area contributed by atoms with Crippen molar-refractivity contribution in [2.45, 2.75) is 25.8 Å². The van der Waals surface area contributed by atoms with Crippen molar-refractivity contribution in [2.75, 3.05) is 26.7 Å². The Morgan fingerprint density at radius 3 is 3.05 bits per heavy atom. The second-order valence-electron chi connectivity index (χ2n) is 5.47. The standard InChI is InChI=1S/C15H22BrFN2/c1-19(8-6-12-3-2-7-18-10-12)11-13-9-14(16)4-5-15(13)17/h4-5,9,12,18H,2-3,6-8,10-11H2,1H3. The molecule has 1 heterocycles. The van der Waals surface area contributed by atoms with Crippen molar-refractivity contribution >= 4 is 15.9 Å². The Bertz CT molecular complexity index is 405. The lowest BCUT2D eigenvalue weighted by Gasteiger charge is -2.25. The van der Waals surface area contributed by atoms with Gasteiger partial charge in [-0.05, 0) is 70.1 Å². The van der Waals surface area contributed by atoms with E-state index >= 15 is 0 Å². The van der Waals surface area contributed by atoms with Crippen LogP contribution < -0.4 is 5.32 Å². The molecule has 1 saturated heterocycles. The lowest BCUT2D eigenvalue weighted by Crippen LogP contribution is -2.32. The van der Waals surface area contributed by atoms with Crippen molar-refractivity contribution in [2.24, 2.45) is 5.92 Å². The first kappa shape index (κ1) is 14.9. The molecule has 2 nitrogen and oxygen atoms in total. The maximum Gasteiger partial charge on any atom is 0.127 e. The molecule has 1 aliphatic heterocycles. The molecule has 0 radical (unpaired) electrons. The Morgan fingerprint density at radius 1 is 1.47 bits per heavy atom. The number of nitrogens with one attached hydrogen (secondary N) is 1. The molecule has 1 N–H and O–H groups in total. The summed E-state index contributed by atoms with van der Waals surface area (Å²) in [5, 5.41) is 3.44. The summed E-state index contributed by atoms with van der Waals surface area (Å²) >= 11 is 3.39. The number of benzene rings is 1. The van der Waals surface area contributed by atoms with Crippen LogP contribution in [0.4, 0.5) is 4.39 Å². The molecule has 106 valence electrons. The first-order chi connectivity index (χ1) is 9.15. The van der Waals surface area contributed by atoms with Gasteiger partial charge in [0.2, 0.25) is 0 Å². The summed E-state index contributed by atoms with van der Waals surface area (Å²) in [5.74, 6) is 0.665. The fourth-order valence-electron chi connectivity index (χ4n) is 2.61. The molecule has 1 aromatic rings. The van der Waals surface area contributed by atoms with Crippen LogP contribution in [0.5, 0.6) is 0 Å². The highest BCUT2D eigenvalue weighted by atomic mass is 79.9. The van der Waals surface area contributed by atoms with Crippen LogP contribution in [0.3, 0.4) is 0 Å². The van der Waals surface area contributed by atoms with E-state index in [1.165, 1.54) is 25.3 Å². The predicted molar refractivity (Wildman–Crippen MR) is 80.6 cm³/mol. The van der Waals surface area contributed by atoms with Crippen molar-refractivity contribution < 1.29 is 4.39 Å². The lowest BCUT2D eigenvalue weighted by atomic mass is 9.96. The van der Waals surface area contributed by atoms with Crippen LogP contribution in [-0.4, -0.2) is 31.6 Å². The van der Waals surface area contributed by atoms with Gasteiger partial charge in [0.25, 0.3) is 0 Å². The zero-order chi connectivity index (χ0) is 13.7. The summed E-state index contributed by atoms with van der Waals surface area (Å²) in [7, 11) is 2.07. The zero-order valence-electron chi connectivity index (χ0n) is 11.5. The SMILES string of the molecule is CN(CCC1CCCNC1)Cc1cc(Br)ccc1F. The number of halogens is 2. The summed E-state index contributed by atoms with van der Waals surface area (Å²) in [5.41, 5.74) is 0.763. The van der Waals surface area contributed by atoms with Crippen LogP contribution in [0.25, 0.3) is 0 Å². The monoisotopic (exact) mass is 328 g/mol. The quantitative estimate of drug-likeness (QED) is 0.891. The van der Waals surface area contributed by atoms with E-state index in [1.807, 2.05) is 6.07 Å². The minimum Gasteiger partial charge on any atom is -0.316 e. The first-order valence-corrected chi connectivity index (χ1v) is 7.77. The molecule has 0 bridgehead atoms. The minimum absolute atomic E-state index is 0.116. The average molecular weight is 329 g/mol. The van der Waals surface area contributed by atoms with Crippen LogP contribution in [-0.2, 0) is 6.54 Å². The summed E-state index contributed by atoms with van der Waals surface area (Å²) in [6.07, 6.45) is 3.81. The van der Waals surface area contributed by atoms with E-state index in [0.29, 0.717) is 6.54 Å². The molecule has 1 atom stereocenters. The normalized spacial score (nSPS) is 19.9. The highest BCUT2D eigenvalue weighted by Gasteiger charge is 2.14. The summed E-state index contributed by atoms with van der Waals surface area (Å²) in [4.78, 5) is 2.21. The molecular formula is C15H22BrFN2. The number of piperidine rings is 1. The van der Waals surface area contributed by atoms with E-state index in [4.69, 9.17) is 0 Å². The maximum absolute atomic E-state index is 13.7. The maximum atomic E-state index is 13.7. The Balaban J connectivity index is 1.80. The fraction of sp³-hybridized carbons (Fsp3) is 0.600. The van der Waals surface area contributed by atoms with E-state index in [0.717, 1.165) is 35.6 Å². The Kier molecular flexibility index (Phi) is 5.79. The number of rotatable bonds is 5. The highest BCUT2D eigenvalue weighted by Crippen LogP contribution is 2.18. The van der Waals surface area contributed by atoms with Gasteiger partial charge in [0.1, 0.15) is 5.82 Å². The minimum atomic E-state index is -0.116. The Morgan fingerprint density at radius 2 is 2.32 bits per heavy atom. The average Bonchev–Trinajstić information content (AvgIpc) is 2.42. The Labute approximate surface area is 123 Å². The predicted octanol–water partition coefficient (Wildman–Crippen LogP) is 3.41. The summed E-state index contributed by atoms with van der Waals surface area (Å²) in [6, 6.07) is 5.14. The fourth-order valence-corrected chi connectivity index (χ4v) is 3.02. The summed E-state index contributed by atoms with van der Waals surface area (Å²) in [6.45, 7) is 4.00. The van der Waals surface area contributed by atoms with E-state index in [9.17, 15) is 4.39 Å².